The predicted molar refractivity (Wildman–Crippen MR) is 83.0 cm³/mol. The number of benzene rings is 1. The first-order chi connectivity index (χ1) is 9.81. The molecule has 126 valence electrons. The Hall–Kier alpha value is -1.27. The molecular formula is C15H22ClF3N2O. The third kappa shape index (κ3) is 5.50. The van der Waals surface area contributed by atoms with Crippen LogP contribution in [0.5, 0.6) is 0 Å². The number of hydrogen-bond donors (Lipinski definition) is 1. The minimum atomic E-state index is -4.37. The van der Waals surface area contributed by atoms with Gasteiger partial charge < -0.3 is 10.2 Å². The Labute approximate surface area is 135 Å². The van der Waals surface area contributed by atoms with Crippen LogP contribution in [0.25, 0.3) is 0 Å². The van der Waals surface area contributed by atoms with Crippen LogP contribution in [-0.2, 0) is 11.0 Å². The molecule has 22 heavy (non-hydrogen) atoms. The minimum Gasteiger partial charge on any atom is -0.336 e. The molecule has 0 radical (unpaired) electrons. The minimum absolute atomic E-state index is 0. The molecule has 1 aromatic carbocycles. The standard InChI is InChI=1S/C15H21F3N2O.ClH/c1-4-20(14(21)8-9-19-3)11(2)12-6-5-7-13(10-12)15(16,17)18;/h5-7,10-11,19H,4,8-9H2,1-3H3;1H. The van der Waals surface area contributed by atoms with E-state index in [1.165, 1.54) is 6.07 Å². The van der Waals surface area contributed by atoms with Crippen molar-refractivity contribution >= 4 is 18.3 Å². The van der Waals surface area contributed by atoms with Gasteiger partial charge in [-0.2, -0.15) is 13.2 Å². The van der Waals surface area contributed by atoms with Crippen molar-refractivity contribution in [1.29, 1.82) is 0 Å². The molecule has 0 aliphatic rings. The lowest BCUT2D eigenvalue weighted by Gasteiger charge is -2.29. The molecule has 0 aromatic heterocycles. The number of amides is 1. The second kappa shape index (κ2) is 9.00. The Bertz CT molecular complexity index is 480. The zero-order valence-corrected chi connectivity index (χ0v) is 13.7. The van der Waals surface area contributed by atoms with E-state index in [-0.39, 0.29) is 24.4 Å². The lowest BCUT2D eigenvalue weighted by molar-refractivity contribution is -0.137. The smallest absolute Gasteiger partial charge is 0.336 e. The number of nitrogens with zero attached hydrogens (tertiary/aromatic N) is 1. The number of carbonyl (C=O) groups excluding carboxylic acids is 1. The summed E-state index contributed by atoms with van der Waals surface area (Å²) in [5.41, 5.74) is -0.199. The van der Waals surface area contributed by atoms with Crippen molar-refractivity contribution in [2.24, 2.45) is 0 Å². The number of halogens is 4. The van der Waals surface area contributed by atoms with Crippen LogP contribution in [-0.4, -0.2) is 30.9 Å². The fraction of sp³-hybridized carbons (Fsp3) is 0.533. The molecule has 0 spiro atoms. The van der Waals surface area contributed by atoms with Gasteiger partial charge in [0.2, 0.25) is 5.91 Å². The van der Waals surface area contributed by atoms with E-state index in [0.29, 0.717) is 25.1 Å². The summed E-state index contributed by atoms with van der Waals surface area (Å²) in [4.78, 5) is 13.7. The molecule has 3 nitrogen and oxygen atoms in total. The average Bonchev–Trinajstić information content (AvgIpc) is 2.45. The maximum atomic E-state index is 12.8. The number of alkyl halides is 3. The Morgan fingerprint density at radius 3 is 2.50 bits per heavy atom. The Balaban J connectivity index is 0.00000441. The summed E-state index contributed by atoms with van der Waals surface area (Å²) in [6.07, 6.45) is -4.05. The van der Waals surface area contributed by atoms with Crippen molar-refractivity contribution in [1.82, 2.24) is 10.2 Å². The van der Waals surface area contributed by atoms with E-state index in [0.717, 1.165) is 12.1 Å². The van der Waals surface area contributed by atoms with Gasteiger partial charge in [0.25, 0.3) is 0 Å². The van der Waals surface area contributed by atoms with Crippen molar-refractivity contribution in [3.05, 3.63) is 35.4 Å². The highest BCUT2D eigenvalue weighted by atomic mass is 35.5. The number of rotatable bonds is 6. The molecule has 0 aliphatic carbocycles. The van der Waals surface area contributed by atoms with Crippen LogP contribution >= 0.6 is 12.4 Å². The highest BCUT2D eigenvalue weighted by Gasteiger charge is 2.31. The Morgan fingerprint density at radius 2 is 2.00 bits per heavy atom. The third-order valence-corrected chi connectivity index (χ3v) is 3.41. The fourth-order valence-corrected chi connectivity index (χ4v) is 2.20. The molecular weight excluding hydrogens is 317 g/mol. The van der Waals surface area contributed by atoms with Crippen LogP contribution in [0.15, 0.2) is 24.3 Å². The molecule has 7 heteroatoms. The van der Waals surface area contributed by atoms with E-state index >= 15 is 0 Å². The van der Waals surface area contributed by atoms with Crippen molar-refractivity contribution in [3.8, 4) is 0 Å². The first kappa shape index (κ1) is 20.7. The molecule has 1 unspecified atom stereocenters. The van der Waals surface area contributed by atoms with Crippen LogP contribution in [0.2, 0.25) is 0 Å². The highest BCUT2D eigenvalue weighted by molar-refractivity contribution is 5.85. The Kier molecular flexibility index (Phi) is 8.48. The van der Waals surface area contributed by atoms with Gasteiger partial charge in [-0.1, -0.05) is 12.1 Å². The molecule has 0 fully saturated rings. The van der Waals surface area contributed by atoms with Crippen molar-refractivity contribution in [2.45, 2.75) is 32.5 Å². The van der Waals surface area contributed by atoms with Gasteiger partial charge in [-0.3, -0.25) is 4.79 Å². The summed E-state index contributed by atoms with van der Waals surface area (Å²) >= 11 is 0. The first-order valence-electron chi connectivity index (χ1n) is 6.92. The fourth-order valence-electron chi connectivity index (χ4n) is 2.20. The van der Waals surface area contributed by atoms with Crippen LogP contribution in [0.3, 0.4) is 0 Å². The van der Waals surface area contributed by atoms with Gasteiger partial charge in [-0.25, -0.2) is 0 Å². The molecule has 0 heterocycles. The second-order valence-corrected chi connectivity index (χ2v) is 4.83. The lowest BCUT2D eigenvalue weighted by Crippen LogP contribution is -2.35. The summed E-state index contributed by atoms with van der Waals surface area (Å²) in [6.45, 7) is 4.57. The molecule has 1 N–H and O–H groups in total. The van der Waals surface area contributed by atoms with E-state index in [2.05, 4.69) is 5.32 Å². The number of hydrogen-bond acceptors (Lipinski definition) is 2. The summed E-state index contributed by atoms with van der Waals surface area (Å²) < 4.78 is 38.3. The van der Waals surface area contributed by atoms with Crippen molar-refractivity contribution < 1.29 is 18.0 Å². The maximum absolute atomic E-state index is 12.8. The van der Waals surface area contributed by atoms with E-state index in [1.54, 1.807) is 24.9 Å². The average molecular weight is 339 g/mol. The van der Waals surface area contributed by atoms with Crippen LogP contribution in [0, 0.1) is 0 Å². The number of nitrogens with one attached hydrogen (secondary N) is 1. The van der Waals surface area contributed by atoms with E-state index in [1.807, 2.05) is 6.92 Å². The predicted octanol–water partition coefficient (Wildman–Crippen LogP) is 3.65. The zero-order chi connectivity index (χ0) is 16.0. The SMILES string of the molecule is CCN(C(=O)CCNC)C(C)c1cccc(C(F)(F)F)c1.Cl. The zero-order valence-electron chi connectivity index (χ0n) is 12.9. The molecule has 0 bridgehead atoms. The van der Waals surface area contributed by atoms with Gasteiger partial charge in [-0.05, 0) is 38.6 Å². The van der Waals surface area contributed by atoms with Gasteiger partial charge in [0.15, 0.2) is 0 Å². The van der Waals surface area contributed by atoms with E-state index in [9.17, 15) is 18.0 Å². The molecule has 0 aliphatic heterocycles. The third-order valence-electron chi connectivity index (χ3n) is 3.41. The summed E-state index contributed by atoms with van der Waals surface area (Å²) in [6, 6.07) is 4.75. The molecule has 0 saturated carbocycles. The largest absolute Gasteiger partial charge is 0.416 e. The molecule has 1 aromatic rings. The van der Waals surface area contributed by atoms with Crippen LogP contribution < -0.4 is 5.32 Å². The Morgan fingerprint density at radius 1 is 1.36 bits per heavy atom. The molecule has 1 atom stereocenters. The van der Waals surface area contributed by atoms with E-state index in [4.69, 9.17) is 0 Å². The second-order valence-electron chi connectivity index (χ2n) is 4.83. The maximum Gasteiger partial charge on any atom is 0.416 e. The van der Waals surface area contributed by atoms with Gasteiger partial charge in [0.1, 0.15) is 0 Å². The molecule has 0 saturated heterocycles. The lowest BCUT2D eigenvalue weighted by atomic mass is 10.0. The van der Waals surface area contributed by atoms with Crippen molar-refractivity contribution in [2.75, 3.05) is 20.1 Å². The van der Waals surface area contributed by atoms with Crippen LogP contribution in [0.4, 0.5) is 13.2 Å². The summed E-state index contributed by atoms with van der Waals surface area (Å²) in [7, 11) is 1.75. The normalized spacial score (nSPS) is 12.5. The quantitative estimate of drug-likeness (QED) is 0.858. The number of carbonyl (C=O) groups is 1. The van der Waals surface area contributed by atoms with E-state index < -0.39 is 11.7 Å². The summed E-state index contributed by atoms with van der Waals surface area (Å²) in [5.74, 6) is -0.0724. The molecule has 1 amide bonds. The summed E-state index contributed by atoms with van der Waals surface area (Å²) in [5, 5.41) is 2.89. The van der Waals surface area contributed by atoms with Crippen molar-refractivity contribution in [3.63, 3.8) is 0 Å². The topological polar surface area (TPSA) is 32.3 Å². The van der Waals surface area contributed by atoms with Gasteiger partial charge in [0.05, 0.1) is 11.6 Å². The van der Waals surface area contributed by atoms with Crippen LogP contribution in [0.1, 0.15) is 37.4 Å². The monoisotopic (exact) mass is 338 g/mol. The van der Waals surface area contributed by atoms with Gasteiger partial charge >= 0.3 is 6.18 Å². The van der Waals surface area contributed by atoms with Gasteiger partial charge in [0, 0.05) is 19.5 Å². The molecule has 1 rings (SSSR count). The highest BCUT2D eigenvalue weighted by Crippen LogP contribution is 2.31. The first-order valence-corrected chi connectivity index (χ1v) is 6.92. The van der Waals surface area contributed by atoms with Gasteiger partial charge in [-0.15, -0.1) is 12.4 Å².